The average molecular weight is 216 g/mol. The largest absolute Gasteiger partial charge is 0.481 e. The highest BCUT2D eigenvalue weighted by Gasteiger charge is 2.25. The maximum Gasteiger partial charge on any atom is 0.305 e. The van der Waals surface area contributed by atoms with Crippen LogP contribution in [0.5, 0.6) is 0 Å². The van der Waals surface area contributed by atoms with Crippen LogP contribution in [-0.4, -0.2) is 41.0 Å². The summed E-state index contributed by atoms with van der Waals surface area (Å²) in [7, 11) is 1.65. The van der Waals surface area contributed by atoms with E-state index in [-0.39, 0.29) is 18.4 Å². The molecule has 5 nitrogen and oxygen atoms in total. The third-order valence-electron chi connectivity index (χ3n) is 2.64. The number of aliphatic carboxylic acids is 1. The Bertz CT molecular complexity index is 241. The summed E-state index contributed by atoms with van der Waals surface area (Å²) >= 11 is 0. The van der Waals surface area contributed by atoms with E-state index >= 15 is 0 Å². The molecule has 0 aliphatic heterocycles. The number of rotatable bonds is 5. The molecule has 3 N–H and O–H groups in total. The first-order valence-electron chi connectivity index (χ1n) is 5.01. The lowest BCUT2D eigenvalue weighted by Gasteiger charge is -2.29. The molecule has 0 fully saturated rings. The molecule has 0 rings (SSSR count). The maximum atomic E-state index is 11.7. The normalized spacial score (nSPS) is 14.8. The number of nitrogens with two attached hydrogens (primary N) is 1. The minimum Gasteiger partial charge on any atom is -0.481 e. The summed E-state index contributed by atoms with van der Waals surface area (Å²) in [5.41, 5.74) is 5.48. The Labute approximate surface area is 90.2 Å². The SMILES string of the molecule is CC(C)C(C)N(C)C(=O)C(N)CC(=O)O. The summed E-state index contributed by atoms with van der Waals surface area (Å²) in [6.07, 6.45) is -0.325. The van der Waals surface area contributed by atoms with Crippen LogP contribution >= 0.6 is 0 Å². The standard InChI is InChI=1S/C10H20N2O3/c1-6(2)7(3)12(4)10(15)8(11)5-9(13)14/h6-8H,5,11H2,1-4H3,(H,13,14). The van der Waals surface area contributed by atoms with Gasteiger partial charge in [0.05, 0.1) is 12.5 Å². The number of likely N-dealkylation sites (N-methyl/N-ethyl adjacent to an activating group) is 1. The van der Waals surface area contributed by atoms with Gasteiger partial charge in [-0.1, -0.05) is 13.8 Å². The Hall–Kier alpha value is -1.10. The predicted molar refractivity (Wildman–Crippen MR) is 57.3 cm³/mol. The second-order valence-electron chi connectivity index (χ2n) is 4.14. The van der Waals surface area contributed by atoms with Crippen LogP contribution in [-0.2, 0) is 9.59 Å². The van der Waals surface area contributed by atoms with Crippen LogP contribution in [0.2, 0.25) is 0 Å². The van der Waals surface area contributed by atoms with Crippen molar-refractivity contribution in [1.29, 1.82) is 0 Å². The van der Waals surface area contributed by atoms with Crippen molar-refractivity contribution < 1.29 is 14.7 Å². The van der Waals surface area contributed by atoms with E-state index in [1.165, 1.54) is 4.90 Å². The third-order valence-corrected chi connectivity index (χ3v) is 2.64. The van der Waals surface area contributed by atoms with Gasteiger partial charge in [0, 0.05) is 13.1 Å². The van der Waals surface area contributed by atoms with Gasteiger partial charge in [0.15, 0.2) is 0 Å². The van der Waals surface area contributed by atoms with Gasteiger partial charge >= 0.3 is 5.97 Å². The Morgan fingerprint density at radius 3 is 2.13 bits per heavy atom. The lowest BCUT2D eigenvalue weighted by atomic mass is 10.0. The fourth-order valence-corrected chi connectivity index (χ4v) is 1.18. The third kappa shape index (κ3) is 4.29. The highest BCUT2D eigenvalue weighted by atomic mass is 16.4. The second-order valence-corrected chi connectivity index (χ2v) is 4.14. The molecular weight excluding hydrogens is 196 g/mol. The summed E-state index contributed by atoms with van der Waals surface area (Å²) in [5.74, 6) is -1.06. The van der Waals surface area contributed by atoms with E-state index in [2.05, 4.69) is 0 Å². The van der Waals surface area contributed by atoms with E-state index in [1.54, 1.807) is 7.05 Å². The Morgan fingerprint density at radius 2 is 1.80 bits per heavy atom. The number of carboxylic acids is 1. The minimum absolute atomic E-state index is 0.0531. The average Bonchev–Trinajstić information content (AvgIpc) is 2.13. The number of carbonyl (C=O) groups is 2. The molecule has 2 unspecified atom stereocenters. The lowest BCUT2D eigenvalue weighted by Crippen LogP contribution is -2.47. The Morgan fingerprint density at radius 1 is 1.33 bits per heavy atom. The summed E-state index contributed by atoms with van der Waals surface area (Å²) < 4.78 is 0. The molecule has 0 aromatic heterocycles. The molecule has 0 aliphatic carbocycles. The van der Waals surface area contributed by atoms with E-state index in [9.17, 15) is 9.59 Å². The van der Waals surface area contributed by atoms with Gasteiger partial charge in [-0.2, -0.15) is 0 Å². The van der Waals surface area contributed by atoms with E-state index in [0.717, 1.165) is 0 Å². The minimum atomic E-state index is -1.05. The van der Waals surface area contributed by atoms with Crippen LogP contribution in [0.3, 0.4) is 0 Å². The van der Waals surface area contributed by atoms with Crippen molar-refractivity contribution in [2.24, 2.45) is 11.7 Å². The maximum absolute atomic E-state index is 11.7. The zero-order valence-corrected chi connectivity index (χ0v) is 9.73. The van der Waals surface area contributed by atoms with E-state index in [4.69, 9.17) is 10.8 Å². The molecule has 0 saturated heterocycles. The molecule has 0 heterocycles. The molecule has 15 heavy (non-hydrogen) atoms. The highest BCUT2D eigenvalue weighted by Crippen LogP contribution is 2.09. The number of hydrogen-bond donors (Lipinski definition) is 2. The van der Waals surface area contributed by atoms with Gasteiger partial charge in [0.25, 0.3) is 0 Å². The van der Waals surface area contributed by atoms with Crippen molar-refractivity contribution in [2.45, 2.75) is 39.3 Å². The molecule has 5 heteroatoms. The second kappa shape index (κ2) is 5.70. The van der Waals surface area contributed by atoms with E-state index in [0.29, 0.717) is 5.92 Å². The predicted octanol–water partition coefficient (Wildman–Crippen LogP) is 0.291. The van der Waals surface area contributed by atoms with Crippen LogP contribution < -0.4 is 5.73 Å². The van der Waals surface area contributed by atoms with Crippen LogP contribution in [0.4, 0.5) is 0 Å². The van der Waals surface area contributed by atoms with E-state index in [1.807, 2.05) is 20.8 Å². The van der Waals surface area contributed by atoms with Gasteiger partial charge in [0.2, 0.25) is 5.91 Å². The molecule has 0 saturated carbocycles. The molecule has 0 spiro atoms. The van der Waals surface area contributed by atoms with Crippen LogP contribution in [0.25, 0.3) is 0 Å². The van der Waals surface area contributed by atoms with Crippen molar-refractivity contribution in [3.05, 3.63) is 0 Å². The number of carboxylic acid groups (broad SMARTS) is 1. The van der Waals surface area contributed by atoms with Crippen molar-refractivity contribution >= 4 is 11.9 Å². The molecule has 0 aromatic carbocycles. The summed E-state index contributed by atoms with van der Waals surface area (Å²) in [6.45, 7) is 5.91. The molecule has 0 bridgehead atoms. The molecule has 2 atom stereocenters. The number of nitrogens with zero attached hydrogens (tertiary/aromatic N) is 1. The highest BCUT2D eigenvalue weighted by molar-refractivity contribution is 5.85. The number of amides is 1. The molecule has 1 amide bonds. The van der Waals surface area contributed by atoms with Crippen LogP contribution in [0, 0.1) is 5.92 Å². The van der Waals surface area contributed by atoms with Crippen LogP contribution in [0.15, 0.2) is 0 Å². The first kappa shape index (κ1) is 13.9. The van der Waals surface area contributed by atoms with Gasteiger partial charge in [-0.3, -0.25) is 9.59 Å². The molecule has 88 valence electrons. The number of carbonyl (C=O) groups excluding carboxylic acids is 1. The van der Waals surface area contributed by atoms with Gasteiger partial charge in [-0.25, -0.2) is 0 Å². The van der Waals surface area contributed by atoms with Gasteiger partial charge in [-0.05, 0) is 12.8 Å². The van der Waals surface area contributed by atoms with Crippen molar-refractivity contribution in [2.75, 3.05) is 7.05 Å². The summed E-state index contributed by atoms with van der Waals surface area (Å²) in [6, 6.07) is -0.897. The van der Waals surface area contributed by atoms with Crippen LogP contribution in [0.1, 0.15) is 27.2 Å². The first-order chi connectivity index (χ1) is 6.77. The fraction of sp³-hybridized carbons (Fsp3) is 0.800. The van der Waals surface area contributed by atoms with E-state index < -0.39 is 12.0 Å². The Balaban J connectivity index is 4.37. The fourth-order valence-electron chi connectivity index (χ4n) is 1.18. The van der Waals surface area contributed by atoms with Gasteiger partial charge < -0.3 is 15.7 Å². The van der Waals surface area contributed by atoms with Gasteiger partial charge in [0.1, 0.15) is 0 Å². The molecular formula is C10H20N2O3. The summed E-state index contributed by atoms with van der Waals surface area (Å²) in [4.78, 5) is 23.6. The lowest BCUT2D eigenvalue weighted by molar-refractivity contribution is -0.142. The number of hydrogen-bond acceptors (Lipinski definition) is 3. The first-order valence-corrected chi connectivity index (χ1v) is 5.01. The smallest absolute Gasteiger partial charge is 0.305 e. The van der Waals surface area contributed by atoms with Gasteiger partial charge in [-0.15, -0.1) is 0 Å². The topological polar surface area (TPSA) is 83.6 Å². The summed E-state index contributed by atoms with van der Waals surface area (Å²) in [5, 5.41) is 8.51. The molecule has 0 aromatic rings. The van der Waals surface area contributed by atoms with Crippen molar-refractivity contribution in [3.8, 4) is 0 Å². The molecule has 0 aliphatic rings. The van der Waals surface area contributed by atoms with Crippen molar-refractivity contribution in [3.63, 3.8) is 0 Å². The Kier molecular flexibility index (Phi) is 5.28. The zero-order valence-electron chi connectivity index (χ0n) is 9.73. The monoisotopic (exact) mass is 216 g/mol. The molecule has 0 radical (unpaired) electrons. The van der Waals surface area contributed by atoms with Crippen molar-refractivity contribution in [1.82, 2.24) is 4.90 Å². The zero-order chi connectivity index (χ0) is 12.2. The quantitative estimate of drug-likeness (QED) is 0.692.